The molecule has 4 rings (SSSR count). The molecule has 0 aliphatic carbocycles. The van der Waals surface area contributed by atoms with Crippen molar-refractivity contribution in [1.29, 1.82) is 0 Å². The van der Waals surface area contributed by atoms with E-state index in [-0.39, 0.29) is 5.91 Å². The summed E-state index contributed by atoms with van der Waals surface area (Å²) < 4.78 is 2.07. The normalized spacial score (nSPS) is 18.7. The van der Waals surface area contributed by atoms with Crippen molar-refractivity contribution in [2.75, 3.05) is 50.7 Å². The van der Waals surface area contributed by atoms with Gasteiger partial charge in [0.15, 0.2) is 0 Å². The molecule has 0 N–H and O–H groups in total. The Morgan fingerprint density at radius 2 is 1.81 bits per heavy atom. The monoisotopic (exact) mass is 387 g/mol. The molecule has 3 heterocycles. The molecule has 2 saturated heterocycles. The Morgan fingerprint density at radius 1 is 1.04 bits per heavy atom. The van der Waals surface area contributed by atoms with Gasteiger partial charge >= 0.3 is 0 Å². The maximum atomic E-state index is 12.5. The summed E-state index contributed by atoms with van der Waals surface area (Å²) in [6.07, 6.45) is 7.33. The maximum Gasteiger partial charge on any atom is 0.236 e. The molecule has 1 aromatic heterocycles. The zero-order valence-corrected chi connectivity index (χ0v) is 16.3. The third-order valence-electron chi connectivity index (χ3n) is 5.43. The number of rotatable bonds is 4. The van der Waals surface area contributed by atoms with Gasteiger partial charge in [-0.1, -0.05) is 17.7 Å². The van der Waals surface area contributed by atoms with Gasteiger partial charge in [-0.25, -0.2) is 4.98 Å². The molecule has 27 heavy (non-hydrogen) atoms. The zero-order chi connectivity index (χ0) is 18.6. The number of amides is 1. The van der Waals surface area contributed by atoms with E-state index in [4.69, 9.17) is 11.6 Å². The number of piperidine rings is 1. The number of anilines is 1. The lowest BCUT2D eigenvalue weighted by Gasteiger charge is -2.36. The van der Waals surface area contributed by atoms with Crippen LogP contribution in [0.2, 0.25) is 5.02 Å². The van der Waals surface area contributed by atoms with Gasteiger partial charge in [0.2, 0.25) is 11.9 Å². The highest BCUT2D eigenvalue weighted by molar-refractivity contribution is 6.30. The van der Waals surface area contributed by atoms with Gasteiger partial charge in [0.1, 0.15) is 0 Å². The predicted molar refractivity (Wildman–Crippen MR) is 108 cm³/mol. The predicted octanol–water partition coefficient (Wildman–Crippen LogP) is 2.66. The van der Waals surface area contributed by atoms with E-state index in [1.54, 1.807) is 0 Å². The van der Waals surface area contributed by atoms with Gasteiger partial charge in [-0.2, -0.15) is 0 Å². The number of aromatic nitrogens is 2. The molecular weight excluding hydrogens is 362 g/mol. The Hall–Kier alpha value is -2.05. The molecule has 0 unspecified atom stereocenters. The van der Waals surface area contributed by atoms with Gasteiger partial charge < -0.3 is 9.80 Å². The number of hydrogen-bond acceptors (Lipinski definition) is 4. The van der Waals surface area contributed by atoms with Crippen molar-refractivity contribution < 1.29 is 4.79 Å². The van der Waals surface area contributed by atoms with Crippen LogP contribution in [0.3, 0.4) is 0 Å². The van der Waals surface area contributed by atoms with E-state index in [9.17, 15) is 4.79 Å². The Kier molecular flexibility index (Phi) is 5.64. The Labute approximate surface area is 165 Å². The summed E-state index contributed by atoms with van der Waals surface area (Å²) in [4.78, 5) is 23.6. The summed E-state index contributed by atoms with van der Waals surface area (Å²) in [5.41, 5.74) is 1.01. The number of carbonyl (C=O) groups is 1. The largest absolute Gasteiger partial charge is 0.342 e. The minimum absolute atomic E-state index is 0.281. The van der Waals surface area contributed by atoms with Crippen LogP contribution >= 0.6 is 11.6 Å². The minimum Gasteiger partial charge on any atom is -0.342 e. The zero-order valence-electron chi connectivity index (χ0n) is 15.6. The highest BCUT2D eigenvalue weighted by Gasteiger charge is 2.24. The van der Waals surface area contributed by atoms with Crippen LogP contribution in [0, 0.1) is 0 Å². The number of halogens is 1. The molecule has 7 heteroatoms. The van der Waals surface area contributed by atoms with E-state index in [0.29, 0.717) is 11.6 Å². The smallest absolute Gasteiger partial charge is 0.236 e. The van der Waals surface area contributed by atoms with Crippen molar-refractivity contribution in [3.05, 3.63) is 41.7 Å². The molecule has 0 atom stereocenters. The van der Waals surface area contributed by atoms with Gasteiger partial charge in [0.05, 0.1) is 6.54 Å². The molecule has 0 saturated carbocycles. The molecule has 2 aliphatic rings. The molecule has 1 amide bonds. The fraction of sp³-hybridized carbons (Fsp3) is 0.500. The maximum absolute atomic E-state index is 12.5. The third kappa shape index (κ3) is 4.28. The molecule has 2 aliphatic heterocycles. The van der Waals surface area contributed by atoms with Crippen LogP contribution in [0.15, 0.2) is 36.7 Å². The molecule has 1 aromatic carbocycles. The van der Waals surface area contributed by atoms with Crippen molar-refractivity contribution >= 4 is 23.5 Å². The summed E-state index contributed by atoms with van der Waals surface area (Å²) in [6, 6.07) is 7.80. The number of nitrogens with zero attached hydrogens (tertiary/aromatic N) is 5. The molecule has 2 aromatic rings. The van der Waals surface area contributed by atoms with Gasteiger partial charge in [-0.05, 0) is 37.5 Å². The number of carbonyl (C=O) groups excluding carboxylic acids is 1. The number of hydrogen-bond donors (Lipinski definition) is 0. The van der Waals surface area contributed by atoms with Crippen LogP contribution in [0.1, 0.15) is 19.3 Å². The highest BCUT2D eigenvalue weighted by Crippen LogP contribution is 2.22. The number of piperazine rings is 1. The third-order valence-corrected chi connectivity index (χ3v) is 5.67. The van der Waals surface area contributed by atoms with E-state index >= 15 is 0 Å². The second-order valence-corrected chi connectivity index (χ2v) is 7.72. The van der Waals surface area contributed by atoms with Crippen molar-refractivity contribution in [3.63, 3.8) is 0 Å². The molecule has 0 spiro atoms. The summed E-state index contributed by atoms with van der Waals surface area (Å²) >= 11 is 6.14. The Morgan fingerprint density at radius 3 is 2.56 bits per heavy atom. The second kappa shape index (κ2) is 8.31. The average molecular weight is 388 g/mol. The first kappa shape index (κ1) is 18.3. The van der Waals surface area contributed by atoms with Crippen molar-refractivity contribution in [1.82, 2.24) is 19.4 Å². The molecule has 0 bridgehead atoms. The van der Waals surface area contributed by atoms with E-state index in [0.717, 1.165) is 63.7 Å². The summed E-state index contributed by atoms with van der Waals surface area (Å²) in [5, 5.41) is 0.716. The Bertz CT molecular complexity index is 778. The standard InChI is InChI=1S/C20H26ClN5O/c21-17-5-4-6-18(15-17)26-10-7-22-20(26)25-13-11-23(12-14-25)16-19(27)24-8-2-1-3-9-24/h4-7,10,15H,1-3,8-9,11-14,16H2. The fourth-order valence-corrected chi connectivity index (χ4v) is 4.08. The van der Waals surface area contributed by atoms with Crippen LogP contribution in [0.4, 0.5) is 5.95 Å². The number of imidazole rings is 1. The summed E-state index contributed by atoms with van der Waals surface area (Å²) in [7, 11) is 0. The van der Waals surface area contributed by atoms with Crippen LogP contribution in [-0.4, -0.2) is 71.1 Å². The topological polar surface area (TPSA) is 44.6 Å². The van der Waals surface area contributed by atoms with Crippen molar-refractivity contribution in [2.45, 2.75) is 19.3 Å². The molecule has 2 fully saturated rings. The fourth-order valence-electron chi connectivity index (χ4n) is 3.90. The summed E-state index contributed by atoms with van der Waals surface area (Å²) in [6.45, 7) is 5.88. The van der Waals surface area contributed by atoms with Crippen LogP contribution in [-0.2, 0) is 4.79 Å². The van der Waals surface area contributed by atoms with Crippen LogP contribution in [0.25, 0.3) is 5.69 Å². The minimum atomic E-state index is 0.281. The van der Waals surface area contributed by atoms with Crippen molar-refractivity contribution in [3.8, 4) is 5.69 Å². The van der Waals surface area contributed by atoms with E-state index in [1.807, 2.05) is 41.6 Å². The molecule has 6 nitrogen and oxygen atoms in total. The van der Waals surface area contributed by atoms with Crippen molar-refractivity contribution in [2.24, 2.45) is 0 Å². The number of benzene rings is 1. The average Bonchev–Trinajstić information content (AvgIpc) is 3.19. The Balaban J connectivity index is 1.36. The molecule has 0 radical (unpaired) electrons. The summed E-state index contributed by atoms with van der Waals surface area (Å²) in [5.74, 6) is 1.21. The van der Waals surface area contributed by atoms with Gasteiger partial charge in [-0.3, -0.25) is 14.3 Å². The molecule has 144 valence electrons. The lowest BCUT2D eigenvalue weighted by Crippen LogP contribution is -2.51. The highest BCUT2D eigenvalue weighted by atomic mass is 35.5. The van der Waals surface area contributed by atoms with Crippen LogP contribution < -0.4 is 4.90 Å². The second-order valence-electron chi connectivity index (χ2n) is 7.28. The van der Waals surface area contributed by atoms with Gasteiger partial charge in [0, 0.05) is 62.4 Å². The van der Waals surface area contributed by atoms with Gasteiger partial charge in [-0.15, -0.1) is 0 Å². The lowest BCUT2D eigenvalue weighted by molar-refractivity contribution is -0.133. The first-order chi connectivity index (χ1) is 13.2. The first-order valence-electron chi connectivity index (χ1n) is 9.75. The van der Waals surface area contributed by atoms with E-state index in [2.05, 4.69) is 19.4 Å². The lowest BCUT2D eigenvalue weighted by atomic mass is 10.1. The van der Waals surface area contributed by atoms with Crippen LogP contribution in [0.5, 0.6) is 0 Å². The molecular formula is C20H26ClN5O. The van der Waals surface area contributed by atoms with Gasteiger partial charge in [0.25, 0.3) is 0 Å². The quantitative estimate of drug-likeness (QED) is 0.809. The number of likely N-dealkylation sites (tertiary alicyclic amines) is 1. The first-order valence-corrected chi connectivity index (χ1v) is 10.1. The van der Waals surface area contributed by atoms with E-state index in [1.165, 1.54) is 6.42 Å². The van der Waals surface area contributed by atoms with E-state index < -0.39 is 0 Å². The SMILES string of the molecule is O=C(CN1CCN(c2nccn2-c2cccc(Cl)c2)CC1)N1CCCCC1.